The van der Waals surface area contributed by atoms with E-state index in [-0.39, 0.29) is 18.4 Å². The van der Waals surface area contributed by atoms with Crippen LogP contribution >= 0.6 is 0 Å². The number of carbonyl (C=O) groups is 1. The Kier molecular flexibility index (Phi) is 5.36. The van der Waals surface area contributed by atoms with E-state index in [0.29, 0.717) is 11.5 Å². The first-order chi connectivity index (χ1) is 8.50. The third-order valence-corrected chi connectivity index (χ3v) is 2.74. The summed E-state index contributed by atoms with van der Waals surface area (Å²) in [6.45, 7) is 6.21. The first-order valence-corrected chi connectivity index (χ1v) is 5.95. The lowest BCUT2D eigenvalue weighted by atomic mass is 10.1. The standard InChI is InChI=1S/C14H19FN2O/c1-10(2)11(3)8-16-14(18)17-9-12-6-4-5-7-13(12)15/h4-8,10H,9H2,1-3H3,(H2,16,17,18)/b11-8+. The first-order valence-electron chi connectivity index (χ1n) is 5.95. The molecule has 0 spiro atoms. The molecule has 18 heavy (non-hydrogen) atoms. The summed E-state index contributed by atoms with van der Waals surface area (Å²) in [5, 5.41) is 5.22. The van der Waals surface area contributed by atoms with E-state index in [0.717, 1.165) is 5.57 Å². The van der Waals surface area contributed by atoms with Gasteiger partial charge in [0.1, 0.15) is 5.82 Å². The zero-order valence-electron chi connectivity index (χ0n) is 11.0. The Balaban J connectivity index is 2.43. The second-order valence-electron chi connectivity index (χ2n) is 4.46. The Labute approximate surface area is 107 Å². The van der Waals surface area contributed by atoms with Crippen molar-refractivity contribution in [2.24, 2.45) is 5.92 Å². The molecule has 0 saturated carbocycles. The van der Waals surface area contributed by atoms with Crippen molar-refractivity contribution < 1.29 is 9.18 Å². The van der Waals surface area contributed by atoms with E-state index in [1.165, 1.54) is 6.07 Å². The van der Waals surface area contributed by atoms with Crippen molar-refractivity contribution in [1.29, 1.82) is 0 Å². The summed E-state index contributed by atoms with van der Waals surface area (Å²) in [5.74, 6) is 0.0728. The van der Waals surface area contributed by atoms with Gasteiger partial charge in [-0.3, -0.25) is 0 Å². The summed E-state index contributed by atoms with van der Waals surface area (Å²) in [7, 11) is 0. The second kappa shape index (κ2) is 6.79. The van der Waals surface area contributed by atoms with Crippen molar-refractivity contribution >= 4 is 6.03 Å². The highest BCUT2D eigenvalue weighted by atomic mass is 19.1. The number of allylic oxidation sites excluding steroid dienone is 1. The molecule has 0 atom stereocenters. The fourth-order valence-electron chi connectivity index (χ4n) is 1.21. The molecule has 0 bridgehead atoms. The molecule has 0 unspecified atom stereocenters. The van der Waals surface area contributed by atoms with Crippen molar-refractivity contribution in [3.63, 3.8) is 0 Å². The summed E-state index contributed by atoms with van der Waals surface area (Å²) >= 11 is 0. The van der Waals surface area contributed by atoms with E-state index in [1.54, 1.807) is 24.4 Å². The van der Waals surface area contributed by atoms with Gasteiger partial charge in [-0.15, -0.1) is 0 Å². The van der Waals surface area contributed by atoms with Crippen molar-refractivity contribution in [3.8, 4) is 0 Å². The highest BCUT2D eigenvalue weighted by Gasteiger charge is 2.03. The van der Waals surface area contributed by atoms with Crippen LogP contribution in [0, 0.1) is 11.7 Å². The van der Waals surface area contributed by atoms with Crippen LogP contribution in [0.2, 0.25) is 0 Å². The van der Waals surface area contributed by atoms with E-state index in [9.17, 15) is 9.18 Å². The maximum Gasteiger partial charge on any atom is 0.319 e. The van der Waals surface area contributed by atoms with Crippen LogP contribution in [0.15, 0.2) is 36.0 Å². The molecule has 2 N–H and O–H groups in total. The largest absolute Gasteiger partial charge is 0.334 e. The zero-order valence-corrected chi connectivity index (χ0v) is 11.0. The van der Waals surface area contributed by atoms with Gasteiger partial charge in [-0.25, -0.2) is 9.18 Å². The molecule has 3 nitrogen and oxygen atoms in total. The van der Waals surface area contributed by atoms with Crippen molar-refractivity contribution in [2.45, 2.75) is 27.3 Å². The predicted molar refractivity (Wildman–Crippen MR) is 70.4 cm³/mol. The molecule has 0 aromatic heterocycles. The topological polar surface area (TPSA) is 41.1 Å². The SMILES string of the molecule is C/C(=C\NC(=O)NCc1ccccc1F)C(C)C. The monoisotopic (exact) mass is 250 g/mol. The fraction of sp³-hybridized carbons (Fsp3) is 0.357. The van der Waals surface area contributed by atoms with Crippen LogP contribution in [0.1, 0.15) is 26.3 Å². The Hall–Kier alpha value is -1.84. The summed E-state index contributed by atoms with van der Waals surface area (Å²) < 4.78 is 13.3. The third-order valence-electron chi connectivity index (χ3n) is 2.74. The molecule has 0 fully saturated rings. The number of rotatable bonds is 4. The van der Waals surface area contributed by atoms with Gasteiger partial charge in [0.05, 0.1) is 0 Å². The first kappa shape index (κ1) is 14.2. The summed E-state index contributed by atoms with van der Waals surface area (Å²) in [6, 6.07) is 6.04. The number of nitrogens with one attached hydrogen (secondary N) is 2. The van der Waals surface area contributed by atoms with Gasteiger partial charge in [-0.1, -0.05) is 37.6 Å². The molecule has 0 heterocycles. The van der Waals surface area contributed by atoms with Gasteiger partial charge >= 0.3 is 6.03 Å². The average Bonchev–Trinajstić information content (AvgIpc) is 2.34. The van der Waals surface area contributed by atoms with Crippen LogP contribution in [-0.4, -0.2) is 6.03 Å². The molecule has 1 rings (SSSR count). The smallest absolute Gasteiger partial charge is 0.319 e. The van der Waals surface area contributed by atoms with Gasteiger partial charge in [0, 0.05) is 18.3 Å². The lowest BCUT2D eigenvalue weighted by molar-refractivity contribution is 0.243. The van der Waals surface area contributed by atoms with E-state index in [1.807, 2.05) is 20.8 Å². The molecule has 2 amide bonds. The molecule has 1 aromatic rings. The second-order valence-corrected chi connectivity index (χ2v) is 4.46. The maximum absolute atomic E-state index is 13.3. The third kappa shape index (κ3) is 4.57. The number of amides is 2. The van der Waals surface area contributed by atoms with Crippen LogP contribution < -0.4 is 10.6 Å². The van der Waals surface area contributed by atoms with Crippen LogP contribution in [0.25, 0.3) is 0 Å². The predicted octanol–water partition coefficient (Wildman–Crippen LogP) is 3.18. The van der Waals surface area contributed by atoms with Crippen LogP contribution in [-0.2, 0) is 6.54 Å². The Bertz CT molecular complexity index is 441. The lowest BCUT2D eigenvalue weighted by Crippen LogP contribution is -2.32. The highest BCUT2D eigenvalue weighted by molar-refractivity contribution is 5.74. The van der Waals surface area contributed by atoms with E-state index in [2.05, 4.69) is 10.6 Å². The van der Waals surface area contributed by atoms with E-state index < -0.39 is 0 Å². The molecule has 0 aliphatic rings. The molecular weight excluding hydrogens is 231 g/mol. The van der Waals surface area contributed by atoms with Gasteiger partial charge in [0.25, 0.3) is 0 Å². The normalized spacial score (nSPS) is 11.5. The van der Waals surface area contributed by atoms with Gasteiger partial charge in [0.2, 0.25) is 0 Å². The Morgan fingerprint density at radius 1 is 1.39 bits per heavy atom. The summed E-state index contributed by atoms with van der Waals surface area (Å²) in [4.78, 5) is 11.5. The number of hydrogen-bond acceptors (Lipinski definition) is 1. The lowest BCUT2D eigenvalue weighted by Gasteiger charge is -2.08. The number of benzene rings is 1. The van der Waals surface area contributed by atoms with Gasteiger partial charge in [-0.05, 0) is 18.9 Å². The highest BCUT2D eigenvalue weighted by Crippen LogP contribution is 2.06. The molecule has 0 aliphatic carbocycles. The number of hydrogen-bond donors (Lipinski definition) is 2. The number of halogens is 1. The van der Waals surface area contributed by atoms with Crippen molar-refractivity contribution in [2.75, 3.05) is 0 Å². The number of urea groups is 1. The molecule has 98 valence electrons. The van der Waals surface area contributed by atoms with Crippen LogP contribution in [0.3, 0.4) is 0 Å². The minimum atomic E-state index is -0.335. The van der Waals surface area contributed by atoms with Crippen LogP contribution in [0.5, 0.6) is 0 Å². The molecule has 0 radical (unpaired) electrons. The van der Waals surface area contributed by atoms with E-state index >= 15 is 0 Å². The molecular formula is C14H19FN2O. The average molecular weight is 250 g/mol. The van der Waals surface area contributed by atoms with Crippen molar-refractivity contribution in [3.05, 3.63) is 47.4 Å². The van der Waals surface area contributed by atoms with Gasteiger partial charge < -0.3 is 10.6 Å². The van der Waals surface area contributed by atoms with Gasteiger partial charge in [0.15, 0.2) is 0 Å². The quantitative estimate of drug-likeness (QED) is 0.846. The fourth-order valence-corrected chi connectivity index (χ4v) is 1.21. The van der Waals surface area contributed by atoms with E-state index in [4.69, 9.17) is 0 Å². The molecule has 0 saturated heterocycles. The summed E-state index contributed by atoms with van der Waals surface area (Å²) in [5.41, 5.74) is 1.55. The molecule has 0 aliphatic heterocycles. The molecule has 1 aromatic carbocycles. The Morgan fingerprint density at radius 3 is 2.67 bits per heavy atom. The number of carbonyl (C=O) groups excluding carboxylic acids is 1. The minimum absolute atomic E-state index is 0.174. The van der Waals surface area contributed by atoms with Gasteiger partial charge in [-0.2, -0.15) is 0 Å². The minimum Gasteiger partial charge on any atom is -0.334 e. The van der Waals surface area contributed by atoms with Crippen molar-refractivity contribution in [1.82, 2.24) is 10.6 Å². The molecule has 4 heteroatoms. The Morgan fingerprint density at radius 2 is 2.06 bits per heavy atom. The summed E-state index contributed by atoms with van der Waals surface area (Å²) in [6.07, 6.45) is 1.67. The maximum atomic E-state index is 13.3. The van der Waals surface area contributed by atoms with Crippen LogP contribution in [0.4, 0.5) is 9.18 Å². The zero-order chi connectivity index (χ0) is 13.5.